The molecule has 1 rings (SSSR count). The van der Waals surface area contributed by atoms with Crippen LogP contribution in [0.3, 0.4) is 0 Å². The third-order valence-corrected chi connectivity index (χ3v) is 3.68. The minimum atomic E-state index is 0.701. The van der Waals surface area contributed by atoms with Crippen LogP contribution in [0.25, 0.3) is 0 Å². The van der Waals surface area contributed by atoms with E-state index in [1.807, 2.05) is 0 Å². The van der Waals surface area contributed by atoms with Crippen LogP contribution in [0.5, 0.6) is 0 Å². The molecular weight excluding hydrogens is 172 g/mol. The zero-order valence-corrected chi connectivity index (χ0v) is 10.4. The van der Waals surface area contributed by atoms with Crippen LogP contribution in [0.15, 0.2) is 0 Å². The van der Waals surface area contributed by atoms with E-state index >= 15 is 0 Å². The van der Waals surface area contributed by atoms with Gasteiger partial charge >= 0.3 is 0 Å². The first-order valence-corrected chi connectivity index (χ1v) is 6.01. The van der Waals surface area contributed by atoms with Gasteiger partial charge in [0.15, 0.2) is 0 Å². The molecule has 1 aliphatic heterocycles. The summed E-state index contributed by atoms with van der Waals surface area (Å²) in [5, 5.41) is 3.65. The van der Waals surface area contributed by atoms with Gasteiger partial charge in [0.1, 0.15) is 0 Å². The SMILES string of the molecule is CCC1NCCN(C)[C@H](C(C)C)[C@H]1C. The molecule has 3 atom stereocenters. The molecule has 0 aliphatic carbocycles. The standard InChI is InChI=1S/C12H26N2/c1-6-11-10(4)12(9(2)3)14(5)8-7-13-11/h9-13H,6-8H2,1-5H3/t10-,11?,12+/m0/s1. The average molecular weight is 198 g/mol. The smallest absolute Gasteiger partial charge is 0.0156 e. The fraction of sp³-hybridized carbons (Fsp3) is 1.00. The van der Waals surface area contributed by atoms with E-state index in [2.05, 4.69) is 45.0 Å². The molecule has 1 saturated heterocycles. The second kappa shape index (κ2) is 5.13. The van der Waals surface area contributed by atoms with Crippen molar-refractivity contribution in [2.75, 3.05) is 20.1 Å². The zero-order valence-electron chi connectivity index (χ0n) is 10.4. The first-order chi connectivity index (χ1) is 6.57. The van der Waals surface area contributed by atoms with Crippen LogP contribution in [-0.2, 0) is 0 Å². The van der Waals surface area contributed by atoms with Crippen LogP contribution < -0.4 is 5.32 Å². The van der Waals surface area contributed by atoms with Gasteiger partial charge in [-0.3, -0.25) is 0 Å². The van der Waals surface area contributed by atoms with Crippen LogP contribution in [0, 0.1) is 11.8 Å². The van der Waals surface area contributed by atoms with Gasteiger partial charge in [0, 0.05) is 25.2 Å². The lowest BCUT2D eigenvalue weighted by molar-refractivity contribution is 0.142. The third-order valence-electron chi connectivity index (χ3n) is 3.68. The Bertz CT molecular complexity index is 168. The Morgan fingerprint density at radius 3 is 2.57 bits per heavy atom. The Labute approximate surface area is 89.1 Å². The molecule has 14 heavy (non-hydrogen) atoms. The van der Waals surface area contributed by atoms with Gasteiger partial charge in [-0.05, 0) is 25.3 Å². The molecule has 0 aromatic heterocycles. The quantitative estimate of drug-likeness (QED) is 0.730. The Morgan fingerprint density at radius 1 is 1.43 bits per heavy atom. The lowest BCUT2D eigenvalue weighted by Gasteiger charge is -2.36. The van der Waals surface area contributed by atoms with Crippen molar-refractivity contribution < 1.29 is 0 Å². The molecule has 1 fully saturated rings. The van der Waals surface area contributed by atoms with Crippen LogP contribution in [0.1, 0.15) is 34.1 Å². The number of hydrogen-bond acceptors (Lipinski definition) is 2. The minimum absolute atomic E-state index is 0.701. The number of nitrogens with zero attached hydrogens (tertiary/aromatic N) is 1. The topological polar surface area (TPSA) is 15.3 Å². The minimum Gasteiger partial charge on any atom is -0.312 e. The Balaban J connectivity index is 2.74. The van der Waals surface area contributed by atoms with Gasteiger partial charge in [-0.2, -0.15) is 0 Å². The summed E-state index contributed by atoms with van der Waals surface area (Å²) >= 11 is 0. The van der Waals surface area contributed by atoms with Crippen molar-refractivity contribution in [2.45, 2.75) is 46.2 Å². The van der Waals surface area contributed by atoms with Gasteiger partial charge < -0.3 is 10.2 Å². The second-order valence-corrected chi connectivity index (χ2v) is 5.04. The maximum absolute atomic E-state index is 3.65. The molecule has 84 valence electrons. The summed E-state index contributed by atoms with van der Waals surface area (Å²) in [6, 6.07) is 1.43. The molecule has 0 aromatic carbocycles. The summed E-state index contributed by atoms with van der Waals surface area (Å²) in [5.41, 5.74) is 0. The normalized spacial score (nSPS) is 36.0. The molecular formula is C12H26N2. The third kappa shape index (κ3) is 2.48. The Kier molecular flexibility index (Phi) is 4.39. The molecule has 0 saturated carbocycles. The predicted molar refractivity (Wildman–Crippen MR) is 62.5 cm³/mol. The van der Waals surface area contributed by atoms with Gasteiger partial charge in [0.2, 0.25) is 0 Å². The number of rotatable bonds is 2. The van der Waals surface area contributed by atoms with Crippen molar-refractivity contribution in [3.63, 3.8) is 0 Å². The molecule has 1 unspecified atom stereocenters. The molecule has 2 nitrogen and oxygen atoms in total. The van der Waals surface area contributed by atoms with Gasteiger partial charge in [0.25, 0.3) is 0 Å². The van der Waals surface area contributed by atoms with E-state index in [0.29, 0.717) is 6.04 Å². The van der Waals surface area contributed by atoms with Crippen molar-refractivity contribution in [3.05, 3.63) is 0 Å². The van der Waals surface area contributed by atoms with Crippen LogP contribution in [-0.4, -0.2) is 37.1 Å². The Hall–Kier alpha value is -0.0800. The van der Waals surface area contributed by atoms with Crippen molar-refractivity contribution in [1.29, 1.82) is 0 Å². The number of likely N-dealkylation sites (N-methyl/N-ethyl adjacent to an activating group) is 1. The largest absolute Gasteiger partial charge is 0.312 e. The van der Waals surface area contributed by atoms with Gasteiger partial charge in [0.05, 0.1) is 0 Å². The Morgan fingerprint density at radius 2 is 2.07 bits per heavy atom. The molecule has 0 amide bonds. The van der Waals surface area contributed by atoms with E-state index in [4.69, 9.17) is 0 Å². The molecule has 1 aliphatic rings. The van der Waals surface area contributed by atoms with Crippen LogP contribution >= 0.6 is 0 Å². The highest BCUT2D eigenvalue weighted by molar-refractivity contribution is 4.88. The maximum Gasteiger partial charge on any atom is 0.0156 e. The van der Waals surface area contributed by atoms with Crippen molar-refractivity contribution >= 4 is 0 Å². The predicted octanol–water partition coefficient (Wildman–Crippen LogP) is 1.96. The summed E-state index contributed by atoms with van der Waals surface area (Å²) in [7, 11) is 2.26. The van der Waals surface area contributed by atoms with Gasteiger partial charge in [-0.15, -0.1) is 0 Å². The van der Waals surface area contributed by atoms with Gasteiger partial charge in [-0.1, -0.05) is 27.7 Å². The summed E-state index contributed by atoms with van der Waals surface area (Å²) < 4.78 is 0. The molecule has 2 heteroatoms. The monoisotopic (exact) mass is 198 g/mol. The van der Waals surface area contributed by atoms with E-state index in [9.17, 15) is 0 Å². The molecule has 0 spiro atoms. The highest BCUT2D eigenvalue weighted by Gasteiger charge is 2.31. The zero-order chi connectivity index (χ0) is 10.7. The number of hydrogen-bond donors (Lipinski definition) is 1. The lowest BCUT2D eigenvalue weighted by Crippen LogP contribution is -2.44. The van der Waals surface area contributed by atoms with Crippen LogP contribution in [0.4, 0.5) is 0 Å². The summed E-state index contributed by atoms with van der Waals surface area (Å²) in [4.78, 5) is 2.53. The van der Waals surface area contributed by atoms with E-state index in [0.717, 1.165) is 24.4 Å². The average Bonchev–Trinajstić information content (AvgIpc) is 2.24. The number of nitrogens with one attached hydrogen (secondary N) is 1. The maximum atomic E-state index is 3.65. The first kappa shape index (κ1) is 12.0. The van der Waals surface area contributed by atoms with Crippen molar-refractivity contribution in [1.82, 2.24) is 10.2 Å². The summed E-state index contributed by atoms with van der Waals surface area (Å²) in [6.45, 7) is 11.7. The van der Waals surface area contributed by atoms with Crippen molar-refractivity contribution in [3.8, 4) is 0 Å². The molecule has 0 bridgehead atoms. The molecule has 0 aromatic rings. The summed E-state index contributed by atoms with van der Waals surface area (Å²) in [5.74, 6) is 1.51. The van der Waals surface area contributed by atoms with E-state index < -0.39 is 0 Å². The molecule has 0 radical (unpaired) electrons. The van der Waals surface area contributed by atoms with Crippen molar-refractivity contribution in [2.24, 2.45) is 11.8 Å². The first-order valence-electron chi connectivity index (χ1n) is 6.01. The lowest BCUT2D eigenvalue weighted by atomic mass is 9.85. The van der Waals surface area contributed by atoms with E-state index in [1.54, 1.807) is 0 Å². The van der Waals surface area contributed by atoms with E-state index in [1.165, 1.54) is 13.0 Å². The fourth-order valence-electron chi connectivity index (χ4n) is 3.03. The molecule has 1 N–H and O–H groups in total. The second-order valence-electron chi connectivity index (χ2n) is 5.04. The summed E-state index contributed by atoms with van der Waals surface area (Å²) in [6.07, 6.45) is 1.25. The van der Waals surface area contributed by atoms with Crippen LogP contribution in [0.2, 0.25) is 0 Å². The van der Waals surface area contributed by atoms with E-state index in [-0.39, 0.29) is 0 Å². The fourth-order valence-corrected chi connectivity index (χ4v) is 3.03. The highest BCUT2D eigenvalue weighted by atomic mass is 15.2. The van der Waals surface area contributed by atoms with Gasteiger partial charge in [-0.25, -0.2) is 0 Å². The molecule has 1 heterocycles. The highest BCUT2D eigenvalue weighted by Crippen LogP contribution is 2.24.